The van der Waals surface area contributed by atoms with Gasteiger partial charge in [-0.15, -0.1) is 0 Å². The lowest BCUT2D eigenvalue weighted by Crippen LogP contribution is -2.50. The van der Waals surface area contributed by atoms with Crippen molar-refractivity contribution in [2.24, 2.45) is 0 Å². The number of aromatic nitrogens is 4. The van der Waals surface area contributed by atoms with E-state index in [-0.39, 0.29) is 23.0 Å². The number of anilines is 2. The maximum atomic E-state index is 13.1. The van der Waals surface area contributed by atoms with E-state index >= 15 is 0 Å². The molecule has 1 aliphatic rings. The van der Waals surface area contributed by atoms with Crippen LogP contribution in [0.4, 0.5) is 24.8 Å². The molecule has 0 aliphatic carbocycles. The lowest BCUT2D eigenvalue weighted by molar-refractivity contribution is -0.137. The Bertz CT molecular complexity index is 1920. The molecule has 1 aliphatic heterocycles. The number of likely N-dealkylation sites (tertiary alicyclic amines) is 1. The van der Waals surface area contributed by atoms with E-state index in [2.05, 4.69) is 41.3 Å². The van der Waals surface area contributed by atoms with Crippen molar-refractivity contribution in [1.29, 1.82) is 0 Å². The predicted molar refractivity (Wildman–Crippen MR) is 181 cm³/mol. The van der Waals surface area contributed by atoms with Crippen molar-refractivity contribution in [2.45, 2.75) is 57.9 Å². The Morgan fingerprint density at radius 2 is 1.67 bits per heavy atom. The van der Waals surface area contributed by atoms with E-state index in [1.165, 1.54) is 12.1 Å². The molecule has 6 rings (SSSR count). The molecule has 0 spiro atoms. The molecule has 0 saturated carbocycles. The van der Waals surface area contributed by atoms with Crippen molar-refractivity contribution in [3.63, 3.8) is 0 Å². The maximum absolute atomic E-state index is 13.1. The number of methoxy groups -OCH3 is 1. The molecule has 1 amide bonds. The second-order valence-electron chi connectivity index (χ2n) is 13.0. The molecule has 5 aromatic rings. The number of amides is 1. The summed E-state index contributed by atoms with van der Waals surface area (Å²) in [6, 6.07) is 17.7. The maximum Gasteiger partial charge on any atom is 0.416 e. The third-order valence-electron chi connectivity index (χ3n) is 8.47. The molecule has 13 heteroatoms. The Kier molecular flexibility index (Phi) is 9.46. The summed E-state index contributed by atoms with van der Waals surface area (Å²) in [7, 11) is 1.63. The van der Waals surface area contributed by atoms with Gasteiger partial charge in [0.15, 0.2) is 11.5 Å². The first-order valence-corrected chi connectivity index (χ1v) is 16.0. The van der Waals surface area contributed by atoms with E-state index in [9.17, 15) is 18.0 Å². The number of halogens is 3. The number of hydrogen-bond acceptors (Lipinski definition) is 8. The molecule has 1 fully saturated rings. The van der Waals surface area contributed by atoms with Crippen molar-refractivity contribution in [1.82, 2.24) is 24.6 Å². The van der Waals surface area contributed by atoms with Gasteiger partial charge in [0.25, 0.3) is 5.91 Å². The van der Waals surface area contributed by atoms with Crippen molar-refractivity contribution in [3.05, 3.63) is 95.8 Å². The van der Waals surface area contributed by atoms with E-state index in [0.717, 1.165) is 61.0 Å². The molecule has 4 heterocycles. The minimum Gasteiger partial charge on any atom is -0.497 e. The summed E-state index contributed by atoms with van der Waals surface area (Å²) in [5.74, 6) is 1.61. The summed E-state index contributed by atoms with van der Waals surface area (Å²) in [5, 5.41) is 11.8. The first-order chi connectivity index (χ1) is 23.4. The molecule has 3 aromatic heterocycles. The minimum absolute atomic E-state index is 0.0403. The Hall–Kier alpha value is -5.17. The lowest BCUT2D eigenvalue weighted by Gasteiger charge is -2.41. The fourth-order valence-corrected chi connectivity index (χ4v) is 5.83. The van der Waals surface area contributed by atoms with Crippen LogP contribution in [0, 0.1) is 0 Å². The monoisotopic (exact) mass is 673 g/mol. The largest absolute Gasteiger partial charge is 0.497 e. The van der Waals surface area contributed by atoms with Crippen molar-refractivity contribution in [3.8, 4) is 17.2 Å². The topological polar surface area (TPSA) is 106 Å². The van der Waals surface area contributed by atoms with Gasteiger partial charge in [-0.05, 0) is 94.3 Å². The molecule has 0 radical (unpaired) electrons. The van der Waals surface area contributed by atoms with Crippen LogP contribution in [0.1, 0.15) is 55.1 Å². The van der Waals surface area contributed by atoms with Crippen molar-refractivity contribution in [2.75, 3.05) is 30.8 Å². The summed E-state index contributed by atoms with van der Waals surface area (Å²) in [6.45, 7) is 9.05. The SMILES string of the molecule is COc1ccc(Cn2nc(NC3CCCN(C(C)(C)C)C3)c3c(Oc4ccc(C(=O)Nc5cc(C(F)(F)F)ccn5)cc4)ccnc32)cc1. The third kappa shape index (κ3) is 7.94. The summed E-state index contributed by atoms with van der Waals surface area (Å²) in [4.78, 5) is 23.8. The molecule has 1 atom stereocenters. The van der Waals surface area contributed by atoms with Crippen LogP contribution in [-0.4, -0.2) is 62.3 Å². The molecular formula is C36H38F3N7O3. The molecule has 0 bridgehead atoms. The number of pyridine rings is 2. The number of benzene rings is 2. The summed E-state index contributed by atoms with van der Waals surface area (Å²) in [5.41, 5.74) is 1.03. The van der Waals surface area contributed by atoms with Gasteiger partial charge in [-0.2, -0.15) is 18.3 Å². The van der Waals surface area contributed by atoms with Crippen LogP contribution in [-0.2, 0) is 12.7 Å². The lowest BCUT2D eigenvalue weighted by atomic mass is 9.98. The molecular weight excluding hydrogens is 635 g/mol. The van der Waals surface area contributed by atoms with E-state index < -0.39 is 17.6 Å². The zero-order valence-corrected chi connectivity index (χ0v) is 27.7. The van der Waals surface area contributed by atoms with Crippen molar-refractivity contribution < 1.29 is 27.4 Å². The minimum atomic E-state index is -4.55. The van der Waals surface area contributed by atoms with Crippen LogP contribution >= 0.6 is 0 Å². The van der Waals surface area contributed by atoms with Gasteiger partial charge in [0.1, 0.15) is 28.5 Å². The fourth-order valence-electron chi connectivity index (χ4n) is 5.83. The highest BCUT2D eigenvalue weighted by atomic mass is 19.4. The van der Waals surface area contributed by atoms with Gasteiger partial charge in [0.2, 0.25) is 0 Å². The molecule has 256 valence electrons. The van der Waals surface area contributed by atoms with Gasteiger partial charge in [-0.1, -0.05) is 12.1 Å². The Labute approximate surface area is 282 Å². The van der Waals surface area contributed by atoms with Gasteiger partial charge in [0, 0.05) is 42.1 Å². The standard InChI is InChI=1S/C36H38F3N7O3/c1-35(2,3)45-19-5-6-26(22-45)42-32-31-29(16-18-41-33(31)46(44-32)21-23-7-11-27(48-4)12-8-23)49-28-13-9-24(10-14-28)34(47)43-30-20-25(15-17-40-30)36(37,38)39/h7-18,20,26H,5-6,19,21-22H2,1-4H3,(H,42,44)(H,40,43,47). The predicted octanol–water partition coefficient (Wildman–Crippen LogP) is 7.62. The molecule has 10 nitrogen and oxygen atoms in total. The van der Waals surface area contributed by atoms with Crippen molar-refractivity contribution >= 4 is 28.6 Å². The normalized spacial score (nSPS) is 15.6. The third-order valence-corrected chi connectivity index (χ3v) is 8.47. The van der Waals surface area contributed by atoms with Crippen LogP contribution in [0.25, 0.3) is 11.0 Å². The molecule has 49 heavy (non-hydrogen) atoms. The Balaban J connectivity index is 1.26. The fraction of sp³-hybridized carbons (Fsp3) is 0.333. The molecule has 1 saturated heterocycles. The second-order valence-corrected chi connectivity index (χ2v) is 13.0. The highest BCUT2D eigenvalue weighted by Crippen LogP contribution is 2.36. The molecule has 2 aromatic carbocycles. The number of ether oxygens (including phenoxy) is 2. The van der Waals surface area contributed by atoms with Gasteiger partial charge in [-0.3, -0.25) is 9.69 Å². The average Bonchev–Trinajstić information content (AvgIpc) is 3.42. The number of alkyl halides is 3. The molecule has 1 unspecified atom stereocenters. The van der Waals surface area contributed by atoms with Crippen LogP contribution in [0.5, 0.6) is 17.2 Å². The van der Waals surface area contributed by atoms with E-state index in [0.29, 0.717) is 29.5 Å². The average molecular weight is 674 g/mol. The van der Waals surface area contributed by atoms with Crippen LogP contribution in [0.15, 0.2) is 79.1 Å². The van der Waals surface area contributed by atoms with Gasteiger partial charge < -0.3 is 20.1 Å². The Morgan fingerprint density at radius 3 is 2.37 bits per heavy atom. The Morgan fingerprint density at radius 1 is 0.959 bits per heavy atom. The van der Waals surface area contributed by atoms with Crippen LogP contribution < -0.4 is 20.1 Å². The zero-order chi connectivity index (χ0) is 34.8. The highest BCUT2D eigenvalue weighted by Gasteiger charge is 2.31. The van der Waals surface area contributed by atoms with E-state index in [1.54, 1.807) is 31.5 Å². The number of carbonyl (C=O) groups is 1. The summed E-state index contributed by atoms with van der Waals surface area (Å²) in [6.07, 6.45) is 0.173. The number of carbonyl (C=O) groups excluding carboxylic acids is 1. The number of piperidine rings is 1. The van der Waals surface area contributed by atoms with E-state index in [4.69, 9.17) is 19.6 Å². The number of fused-ring (bicyclic) bond motifs is 1. The highest BCUT2D eigenvalue weighted by molar-refractivity contribution is 6.03. The smallest absolute Gasteiger partial charge is 0.416 e. The van der Waals surface area contributed by atoms with Gasteiger partial charge >= 0.3 is 6.18 Å². The van der Waals surface area contributed by atoms with E-state index in [1.807, 2.05) is 28.9 Å². The van der Waals surface area contributed by atoms with Gasteiger partial charge in [-0.25, -0.2) is 14.6 Å². The quantitative estimate of drug-likeness (QED) is 0.165. The number of rotatable bonds is 9. The molecule has 2 N–H and O–H groups in total. The zero-order valence-electron chi connectivity index (χ0n) is 27.7. The number of nitrogens with zero attached hydrogens (tertiary/aromatic N) is 5. The number of nitrogens with one attached hydrogen (secondary N) is 2. The summed E-state index contributed by atoms with van der Waals surface area (Å²) >= 11 is 0. The van der Waals surface area contributed by atoms with Crippen LogP contribution in [0.3, 0.4) is 0 Å². The van der Waals surface area contributed by atoms with Crippen LogP contribution in [0.2, 0.25) is 0 Å². The number of hydrogen-bond donors (Lipinski definition) is 2. The van der Waals surface area contributed by atoms with Gasteiger partial charge in [0.05, 0.1) is 19.2 Å². The summed E-state index contributed by atoms with van der Waals surface area (Å²) < 4.78 is 52.8. The first kappa shape index (κ1) is 33.7. The second kappa shape index (κ2) is 13.7. The first-order valence-electron chi connectivity index (χ1n) is 16.0.